The van der Waals surface area contributed by atoms with Crippen LogP contribution in [-0.2, 0) is 21.7 Å². The molecule has 0 aromatic heterocycles. The molecule has 0 N–H and O–H groups in total. The Kier molecular flexibility index (Phi) is 12.8. The smallest absolute Gasteiger partial charge is 0.00919 e. The Hall–Kier alpha value is 1.12. The van der Waals surface area contributed by atoms with E-state index < -0.39 is 0 Å². The molecule has 0 aromatic carbocycles. The Morgan fingerprint density at radius 2 is 1.85 bits per heavy atom. The van der Waals surface area contributed by atoms with Gasteiger partial charge in [-0.25, -0.2) is 6.08 Å². The van der Waals surface area contributed by atoms with Crippen molar-refractivity contribution >= 4 is 36.6 Å². The van der Waals surface area contributed by atoms with Crippen molar-refractivity contribution in [2.24, 2.45) is 0 Å². The standard InChI is InChI=1S/C9H13S.2ClH.Ti/c1-9(2,3)10-8-6-4-5-7-8;;;/h4,6H,5H2,1-3H3;2*1H;/q-1;;;. The van der Waals surface area contributed by atoms with Crippen molar-refractivity contribution < 1.29 is 21.7 Å². The van der Waals surface area contributed by atoms with Gasteiger partial charge in [-0.05, 0) is 0 Å². The third-order valence-electron chi connectivity index (χ3n) is 1.08. The fraction of sp³-hybridized carbons (Fsp3) is 0.556. The van der Waals surface area contributed by atoms with Crippen LogP contribution in [0.5, 0.6) is 0 Å². The van der Waals surface area contributed by atoms with Crippen molar-refractivity contribution in [1.82, 2.24) is 0 Å². The van der Waals surface area contributed by atoms with Crippen molar-refractivity contribution in [2.75, 3.05) is 0 Å². The molecule has 0 aliphatic heterocycles. The summed E-state index contributed by atoms with van der Waals surface area (Å²) in [6, 6.07) is 0. The molecule has 0 nitrogen and oxygen atoms in total. The van der Waals surface area contributed by atoms with Crippen LogP contribution in [0.25, 0.3) is 0 Å². The molecule has 0 amide bonds. The molecule has 1 aliphatic carbocycles. The van der Waals surface area contributed by atoms with E-state index in [1.165, 1.54) is 4.91 Å². The molecule has 4 heteroatoms. The number of thioether (sulfide) groups is 1. The van der Waals surface area contributed by atoms with Gasteiger partial charge >= 0.3 is 0 Å². The zero-order valence-electron chi connectivity index (χ0n) is 8.09. The van der Waals surface area contributed by atoms with E-state index >= 15 is 0 Å². The van der Waals surface area contributed by atoms with Gasteiger partial charge in [0.05, 0.1) is 0 Å². The topological polar surface area (TPSA) is 0 Å². The summed E-state index contributed by atoms with van der Waals surface area (Å²) in [5, 5.41) is 0. The summed E-state index contributed by atoms with van der Waals surface area (Å²) in [6.07, 6.45) is 8.58. The van der Waals surface area contributed by atoms with Gasteiger partial charge < -0.3 is 0 Å². The first-order chi connectivity index (χ1) is 4.58. The third-order valence-corrected chi connectivity index (χ3v) is 2.19. The van der Waals surface area contributed by atoms with Crippen LogP contribution >= 0.6 is 36.6 Å². The van der Waals surface area contributed by atoms with Gasteiger partial charge in [-0.1, -0.05) is 20.8 Å². The summed E-state index contributed by atoms with van der Waals surface area (Å²) in [7, 11) is 0. The Labute approximate surface area is 113 Å². The van der Waals surface area contributed by atoms with E-state index in [0.717, 1.165) is 6.42 Å². The molecular weight excluding hydrogens is 259 g/mol. The van der Waals surface area contributed by atoms with Gasteiger partial charge in [0.2, 0.25) is 0 Å². The van der Waals surface area contributed by atoms with Crippen LogP contribution in [0.4, 0.5) is 0 Å². The number of hydrogen-bond donors (Lipinski definition) is 0. The largest absolute Gasteiger partial charge is 0.259 e. The van der Waals surface area contributed by atoms with Crippen LogP contribution in [0.1, 0.15) is 27.2 Å². The molecule has 0 aromatic rings. The van der Waals surface area contributed by atoms with E-state index in [0.29, 0.717) is 4.75 Å². The molecule has 0 bridgehead atoms. The minimum atomic E-state index is 0. The average molecular weight is 274 g/mol. The van der Waals surface area contributed by atoms with Crippen molar-refractivity contribution in [3.63, 3.8) is 0 Å². The monoisotopic (exact) mass is 273 g/mol. The summed E-state index contributed by atoms with van der Waals surface area (Å²) in [4.78, 5) is 1.30. The van der Waals surface area contributed by atoms with E-state index in [1.807, 2.05) is 11.8 Å². The maximum absolute atomic E-state index is 3.28. The van der Waals surface area contributed by atoms with Crippen LogP contribution in [0.15, 0.2) is 17.1 Å². The second kappa shape index (κ2) is 8.43. The Balaban J connectivity index is -0.000000333. The van der Waals surface area contributed by atoms with Gasteiger partial charge in [0.15, 0.2) is 0 Å². The average Bonchev–Trinajstić information content (AvgIpc) is 2.12. The Morgan fingerprint density at radius 1 is 1.31 bits per heavy atom. The first-order valence-electron chi connectivity index (χ1n) is 3.54. The quantitative estimate of drug-likeness (QED) is 0.514. The van der Waals surface area contributed by atoms with Crippen molar-refractivity contribution in [3.05, 3.63) is 23.1 Å². The fourth-order valence-corrected chi connectivity index (χ4v) is 1.76. The molecule has 0 saturated carbocycles. The molecule has 0 heterocycles. The summed E-state index contributed by atoms with van der Waals surface area (Å²) >= 11 is 1.88. The Bertz CT molecular complexity index is 183. The molecule has 0 atom stereocenters. The van der Waals surface area contributed by atoms with Gasteiger partial charge in [-0.2, -0.15) is 22.7 Å². The van der Waals surface area contributed by atoms with Gasteiger partial charge in [0.1, 0.15) is 0 Å². The van der Waals surface area contributed by atoms with Crippen LogP contribution in [0.2, 0.25) is 0 Å². The van der Waals surface area contributed by atoms with E-state index in [1.54, 1.807) is 0 Å². The summed E-state index contributed by atoms with van der Waals surface area (Å²) < 4.78 is 0.330. The molecule has 1 rings (SSSR count). The zero-order chi connectivity index (χ0) is 7.61. The second-order valence-corrected chi connectivity index (χ2v) is 5.23. The minimum absolute atomic E-state index is 0. The molecule has 0 unspecified atom stereocenters. The van der Waals surface area contributed by atoms with E-state index in [9.17, 15) is 0 Å². The third kappa shape index (κ3) is 9.43. The molecular formula is C9H15Cl2STi-. The summed E-state index contributed by atoms with van der Waals surface area (Å²) in [6.45, 7) is 6.66. The van der Waals surface area contributed by atoms with Crippen molar-refractivity contribution in [3.8, 4) is 0 Å². The first-order valence-corrected chi connectivity index (χ1v) is 4.36. The van der Waals surface area contributed by atoms with Crippen LogP contribution in [0.3, 0.4) is 0 Å². The first kappa shape index (κ1) is 19.7. The predicted molar refractivity (Wildman–Crippen MR) is 62.4 cm³/mol. The molecule has 0 fully saturated rings. The maximum atomic E-state index is 3.28. The van der Waals surface area contributed by atoms with Gasteiger partial charge in [-0.3, -0.25) is 6.08 Å². The number of halogens is 2. The minimum Gasteiger partial charge on any atom is -0.259 e. The molecule has 0 saturated heterocycles. The van der Waals surface area contributed by atoms with Gasteiger partial charge in [-0.15, -0.1) is 31.2 Å². The van der Waals surface area contributed by atoms with E-state index in [2.05, 4.69) is 39.0 Å². The fourth-order valence-electron chi connectivity index (χ4n) is 0.784. The van der Waals surface area contributed by atoms with E-state index in [4.69, 9.17) is 0 Å². The van der Waals surface area contributed by atoms with Crippen molar-refractivity contribution in [1.29, 1.82) is 0 Å². The molecule has 13 heavy (non-hydrogen) atoms. The molecule has 0 spiro atoms. The zero-order valence-corrected chi connectivity index (χ0v) is 12.1. The van der Waals surface area contributed by atoms with Crippen LogP contribution in [0, 0.1) is 6.08 Å². The number of hydrogen-bond acceptors (Lipinski definition) is 1. The van der Waals surface area contributed by atoms with Gasteiger partial charge in [0, 0.05) is 26.5 Å². The number of allylic oxidation sites excluding steroid dienone is 3. The van der Waals surface area contributed by atoms with Crippen LogP contribution < -0.4 is 0 Å². The second-order valence-electron chi connectivity index (χ2n) is 3.36. The summed E-state index contributed by atoms with van der Waals surface area (Å²) in [5.74, 6) is 0. The predicted octanol–water partition coefficient (Wildman–Crippen LogP) is 4.01. The normalized spacial score (nSPS) is 13.6. The van der Waals surface area contributed by atoms with E-state index in [-0.39, 0.29) is 46.5 Å². The Morgan fingerprint density at radius 3 is 2.15 bits per heavy atom. The van der Waals surface area contributed by atoms with Crippen molar-refractivity contribution in [2.45, 2.75) is 31.9 Å². The SMILES string of the molecule is CC(C)(C)SC1=[C-]CC=C1.Cl.Cl.[Ti]. The molecule has 0 radical (unpaired) electrons. The molecule has 1 aliphatic rings. The number of rotatable bonds is 1. The molecule has 76 valence electrons. The summed E-state index contributed by atoms with van der Waals surface area (Å²) in [5.41, 5.74) is 0. The van der Waals surface area contributed by atoms with Crippen LogP contribution in [-0.4, -0.2) is 4.75 Å². The maximum Gasteiger partial charge on any atom is 0.00919 e. The van der Waals surface area contributed by atoms with Gasteiger partial charge in [0.25, 0.3) is 0 Å².